The molecule has 0 bridgehead atoms. The van der Waals surface area contributed by atoms with E-state index >= 15 is 0 Å². The number of rotatable bonds is 5. The summed E-state index contributed by atoms with van der Waals surface area (Å²) in [6.07, 6.45) is 9.11. The van der Waals surface area contributed by atoms with Gasteiger partial charge in [0.15, 0.2) is 5.82 Å². The van der Waals surface area contributed by atoms with Crippen LogP contribution in [0.2, 0.25) is 0 Å². The molecule has 5 rings (SSSR count). The Hall–Kier alpha value is -2.25. The van der Waals surface area contributed by atoms with E-state index in [0.29, 0.717) is 0 Å². The van der Waals surface area contributed by atoms with Gasteiger partial charge in [0.1, 0.15) is 5.82 Å². The van der Waals surface area contributed by atoms with Crippen LogP contribution in [-0.4, -0.2) is 50.8 Å². The topological polar surface area (TPSA) is 50.1 Å². The summed E-state index contributed by atoms with van der Waals surface area (Å²) >= 11 is 1.87. The summed E-state index contributed by atoms with van der Waals surface area (Å²) in [5, 5.41) is 7.92. The van der Waals surface area contributed by atoms with Crippen molar-refractivity contribution in [2.24, 2.45) is 0 Å². The Labute approximate surface area is 169 Å². The van der Waals surface area contributed by atoms with Crippen molar-refractivity contribution in [2.45, 2.75) is 38.1 Å². The van der Waals surface area contributed by atoms with Crippen LogP contribution in [0.25, 0.3) is 5.82 Å². The van der Waals surface area contributed by atoms with Gasteiger partial charge in [-0.3, -0.25) is 4.90 Å². The molecule has 0 radical (unpaired) electrons. The molecule has 4 heterocycles. The van der Waals surface area contributed by atoms with E-state index in [1.165, 1.54) is 36.4 Å². The maximum Gasteiger partial charge on any atom is 0.155 e. The van der Waals surface area contributed by atoms with E-state index in [1.807, 2.05) is 34.3 Å². The highest BCUT2D eigenvalue weighted by molar-refractivity contribution is 7.09. The van der Waals surface area contributed by atoms with E-state index in [4.69, 9.17) is 9.97 Å². The van der Waals surface area contributed by atoms with Crippen molar-refractivity contribution in [3.05, 3.63) is 52.7 Å². The number of anilines is 1. The maximum absolute atomic E-state index is 4.94. The van der Waals surface area contributed by atoms with Gasteiger partial charge < -0.3 is 4.90 Å². The van der Waals surface area contributed by atoms with Crippen molar-refractivity contribution in [2.75, 3.05) is 31.1 Å². The van der Waals surface area contributed by atoms with Crippen molar-refractivity contribution in [1.29, 1.82) is 0 Å². The highest BCUT2D eigenvalue weighted by atomic mass is 32.1. The van der Waals surface area contributed by atoms with Gasteiger partial charge in [-0.2, -0.15) is 5.10 Å². The Morgan fingerprint density at radius 2 is 1.79 bits per heavy atom. The number of nitrogens with zero attached hydrogens (tertiary/aromatic N) is 6. The summed E-state index contributed by atoms with van der Waals surface area (Å²) < 4.78 is 1.81. The van der Waals surface area contributed by atoms with Gasteiger partial charge in [0.05, 0.1) is 10.7 Å². The van der Waals surface area contributed by atoms with Crippen LogP contribution in [0.1, 0.15) is 42.3 Å². The highest BCUT2D eigenvalue weighted by Gasteiger charge is 2.22. The Balaban J connectivity index is 1.18. The van der Waals surface area contributed by atoms with Crippen molar-refractivity contribution in [3.8, 4) is 5.82 Å². The molecule has 2 aliphatic rings. The largest absolute Gasteiger partial charge is 0.354 e. The van der Waals surface area contributed by atoms with Gasteiger partial charge in [-0.15, -0.1) is 11.3 Å². The monoisotopic (exact) mass is 394 g/mol. The normalized spacial score (nSPS) is 18.8. The molecule has 1 aliphatic carbocycles. The van der Waals surface area contributed by atoms with Gasteiger partial charge in [0, 0.05) is 56.4 Å². The Morgan fingerprint density at radius 1 is 0.964 bits per heavy atom. The average Bonchev–Trinajstić information content (AvgIpc) is 3.50. The van der Waals surface area contributed by atoms with Gasteiger partial charge in [-0.05, 0) is 31.0 Å². The molecule has 146 valence electrons. The van der Waals surface area contributed by atoms with E-state index in [0.717, 1.165) is 50.3 Å². The molecule has 1 saturated heterocycles. The van der Waals surface area contributed by atoms with Crippen LogP contribution in [0.5, 0.6) is 0 Å². The van der Waals surface area contributed by atoms with E-state index in [1.54, 1.807) is 6.20 Å². The lowest BCUT2D eigenvalue weighted by atomic mass is 10.1. The van der Waals surface area contributed by atoms with Gasteiger partial charge >= 0.3 is 0 Å². The zero-order valence-corrected chi connectivity index (χ0v) is 16.9. The summed E-state index contributed by atoms with van der Waals surface area (Å²) in [5.74, 6) is 2.63. The molecule has 7 heteroatoms. The fraction of sp³-hybridized carbons (Fsp3) is 0.476. The lowest BCUT2D eigenvalue weighted by molar-refractivity contribution is 0.247. The molecule has 0 unspecified atom stereocenters. The van der Waals surface area contributed by atoms with Crippen LogP contribution < -0.4 is 4.90 Å². The van der Waals surface area contributed by atoms with Crippen LogP contribution in [0.15, 0.2) is 42.0 Å². The molecule has 1 saturated carbocycles. The molecule has 1 aliphatic heterocycles. The summed E-state index contributed by atoms with van der Waals surface area (Å²) in [7, 11) is 0. The van der Waals surface area contributed by atoms with Crippen LogP contribution in [-0.2, 0) is 6.54 Å². The summed E-state index contributed by atoms with van der Waals surface area (Å²) in [4.78, 5) is 14.6. The number of piperazine rings is 1. The van der Waals surface area contributed by atoms with Crippen molar-refractivity contribution < 1.29 is 0 Å². The first-order valence-electron chi connectivity index (χ1n) is 10.2. The number of hydrogen-bond acceptors (Lipinski definition) is 6. The van der Waals surface area contributed by atoms with Crippen LogP contribution in [0.4, 0.5) is 5.82 Å². The Kier molecular flexibility index (Phi) is 5.10. The van der Waals surface area contributed by atoms with Gasteiger partial charge in [0.2, 0.25) is 0 Å². The van der Waals surface area contributed by atoms with Crippen LogP contribution in [0, 0.1) is 0 Å². The molecule has 0 aromatic carbocycles. The van der Waals surface area contributed by atoms with E-state index in [9.17, 15) is 0 Å². The highest BCUT2D eigenvalue weighted by Crippen LogP contribution is 2.35. The molecular weight excluding hydrogens is 368 g/mol. The fourth-order valence-corrected chi connectivity index (χ4v) is 5.22. The molecule has 0 N–H and O–H groups in total. The van der Waals surface area contributed by atoms with Crippen molar-refractivity contribution in [3.63, 3.8) is 0 Å². The second-order valence-corrected chi connectivity index (χ2v) is 8.62. The van der Waals surface area contributed by atoms with E-state index in [2.05, 4.69) is 32.4 Å². The zero-order valence-electron chi connectivity index (χ0n) is 16.1. The second kappa shape index (κ2) is 8.01. The molecule has 0 amide bonds. The minimum Gasteiger partial charge on any atom is -0.354 e. The fourth-order valence-electron chi connectivity index (χ4n) is 4.24. The Morgan fingerprint density at radius 3 is 2.57 bits per heavy atom. The first-order valence-corrected chi connectivity index (χ1v) is 11.1. The first-order chi connectivity index (χ1) is 13.8. The lowest BCUT2D eigenvalue weighted by Crippen LogP contribution is -2.46. The molecule has 28 heavy (non-hydrogen) atoms. The van der Waals surface area contributed by atoms with E-state index < -0.39 is 0 Å². The molecular formula is C21H26N6S. The minimum atomic E-state index is 0.726. The molecule has 0 spiro atoms. The molecule has 2 fully saturated rings. The molecule has 6 nitrogen and oxygen atoms in total. The number of aromatic nitrogens is 4. The van der Waals surface area contributed by atoms with Crippen LogP contribution >= 0.6 is 11.3 Å². The summed E-state index contributed by atoms with van der Waals surface area (Å²) in [6, 6.07) is 8.07. The van der Waals surface area contributed by atoms with E-state index in [-0.39, 0.29) is 0 Å². The Bertz CT molecular complexity index is 891. The third-order valence-electron chi connectivity index (χ3n) is 5.81. The maximum atomic E-state index is 4.94. The molecule has 0 atom stereocenters. The third-order valence-corrected chi connectivity index (χ3v) is 6.87. The number of hydrogen-bond donors (Lipinski definition) is 0. The van der Waals surface area contributed by atoms with Gasteiger partial charge in [-0.1, -0.05) is 18.9 Å². The average molecular weight is 395 g/mol. The molecule has 3 aromatic rings. The smallest absolute Gasteiger partial charge is 0.155 e. The predicted octanol–water partition coefficient (Wildman–Crippen LogP) is 3.70. The standard InChI is InChI=1S/C21H26N6S/c1-2-6-17(5-1)21-23-18(16-28-21)15-25-11-13-26(14-12-25)19-7-3-8-20(24-19)27-10-4-9-22-27/h3-4,7-10,16-17H,1-2,5-6,11-15H2. The van der Waals surface area contributed by atoms with Crippen LogP contribution in [0.3, 0.4) is 0 Å². The zero-order chi connectivity index (χ0) is 18.8. The molecule has 3 aromatic heterocycles. The summed E-state index contributed by atoms with van der Waals surface area (Å²) in [6.45, 7) is 5.05. The van der Waals surface area contributed by atoms with Crippen molar-refractivity contribution in [1.82, 2.24) is 24.6 Å². The van der Waals surface area contributed by atoms with Gasteiger partial charge in [-0.25, -0.2) is 14.6 Å². The summed E-state index contributed by atoms with van der Waals surface area (Å²) in [5.41, 5.74) is 1.25. The number of pyridine rings is 1. The SMILES string of the molecule is c1cc(N2CCN(Cc3csc(C4CCCC4)n3)CC2)nc(-n2cccn2)c1. The second-order valence-electron chi connectivity index (χ2n) is 7.73. The van der Waals surface area contributed by atoms with Gasteiger partial charge in [0.25, 0.3) is 0 Å². The number of thiazole rings is 1. The van der Waals surface area contributed by atoms with Crippen molar-refractivity contribution >= 4 is 17.2 Å². The third kappa shape index (κ3) is 3.82. The lowest BCUT2D eigenvalue weighted by Gasteiger charge is -2.35. The predicted molar refractivity (Wildman–Crippen MR) is 112 cm³/mol. The minimum absolute atomic E-state index is 0.726. The quantitative estimate of drug-likeness (QED) is 0.660. The first kappa shape index (κ1) is 17.8.